The Hall–Kier alpha value is -2.11. The van der Waals surface area contributed by atoms with Gasteiger partial charge in [-0.25, -0.2) is 4.39 Å². The van der Waals surface area contributed by atoms with Crippen molar-refractivity contribution in [3.05, 3.63) is 29.6 Å². The summed E-state index contributed by atoms with van der Waals surface area (Å²) in [5.41, 5.74) is -1.07. The van der Waals surface area contributed by atoms with E-state index in [4.69, 9.17) is 5.11 Å². The van der Waals surface area contributed by atoms with Crippen LogP contribution in [-0.4, -0.2) is 27.6 Å². The fourth-order valence-electron chi connectivity index (χ4n) is 1.49. The Labute approximate surface area is 103 Å². The number of phenols is 1. The Kier molecular flexibility index (Phi) is 3.90. The van der Waals surface area contributed by atoms with Crippen LogP contribution in [0.2, 0.25) is 0 Å². The van der Waals surface area contributed by atoms with Gasteiger partial charge in [0.2, 0.25) is 0 Å². The molecule has 0 aliphatic rings. The number of aromatic hydroxyl groups is 1. The topological polar surface area (TPSA) is 86.6 Å². The Morgan fingerprint density at radius 2 is 2.00 bits per heavy atom. The highest BCUT2D eigenvalue weighted by Gasteiger charge is 2.25. The molecule has 1 aromatic rings. The number of carboxylic acids is 1. The van der Waals surface area contributed by atoms with Crippen molar-refractivity contribution >= 4 is 11.9 Å². The third kappa shape index (κ3) is 3.73. The monoisotopic (exact) mass is 255 g/mol. The third-order valence-corrected chi connectivity index (χ3v) is 2.25. The van der Waals surface area contributed by atoms with Gasteiger partial charge in [0.1, 0.15) is 11.6 Å². The second kappa shape index (κ2) is 5.03. The summed E-state index contributed by atoms with van der Waals surface area (Å²) in [6, 6.07) is 2.99. The minimum absolute atomic E-state index is 0.102. The molecule has 98 valence electrons. The molecule has 0 aliphatic heterocycles. The maximum Gasteiger partial charge on any atom is 0.305 e. The van der Waals surface area contributed by atoms with E-state index in [0.717, 1.165) is 18.2 Å². The molecule has 3 N–H and O–H groups in total. The zero-order chi connectivity index (χ0) is 13.9. The molecule has 5 nitrogen and oxygen atoms in total. The molecule has 0 aromatic heterocycles. The van der Waals surface area contributed by atoms with E-state index in [2.05, 4.69) is 5.32 Å². The van der Waals surface area contributed by atoms with E-state index >= 15 is 0 Å². The minimum atomic E-state index is -1.05. The number of amides is 1. The quantitative estimate of drug-likeness (QED) is 0.761. The first-order chi connectivity index (χ1) is 8.21. The van der Waals surface area contributed by atoms with Gasteiger partial charge in [-0.05, 0) is 26.0 Å². The van der Waals surface area contributed by atoms with E-state index in [0.29, 0.717) is 0 Å². The molecule has 0 bridgehead atoms. The number of aliphatic carboxylic acids is 1. The fourth-order valence-corrected chi connectivity index (χ4v) is 1.49. The average molecular weight is 255 g/mol. The summed E-state index contributed by atoms with van der Waals surface area (Å²) in [6.45, 7) is 3.08. The van der Waals surface area contributed by atoms with Gasteiger partial charge in [-0.1, -0.05) is 0 Å². The van der Waals surface area contributed by atoms with Crippen molar-refractivity contribution in [2.45, 2.75) is 25.8 Å². The highest BCUT2D eigenvalue weighted by Crippen LogP contribution is 2.19. The molecule has 1 aromatic carbocycles. The number of nitrogens with one attached hydrogen (secondary N) is 1. The lowest BCUT2D eigenvalue weighted by Crippen LogP contribution is -2.44. The molecule has 0 fully saturated rings. The molecule has 1 amide bonds. The van der Waals surface area contributed by atoms with Crippen molar-refractivity contribution < 1.29 is 24.2 Å². The smallest absolute Gasteiger partial charge is 0.305 e. The van der Waals surface area contributed by atoms with Crippen LogP contribution in [0.4, 0.5) is 4.39 Å². The van der Waals surface area contributed by atoms with Crippen LogP contribution in [0.15, 0.2) is 18.2 Å². The van der Waals surface area contributed by atoms with Gasteiger partial charge in [-0.15, -0.1) is 0 Å². The van der Waals surface area contributed by atoms with Crippen molar-refractivity contribution in [3.63, 3.8) is 0 Å². The molecule has 0 saturated heterocycles. The highest BCUT2D eigenvalue weighted by molar-refractivity contribution is 5.97. The van der Waals surface area contributed by atoms with Crippen LogP contribution >= 0.6 is 0 Å². The summed E-state index contributed by atoms with van der Waals surface area (Å²) in [4.78, 5) is 22.4. The van der Waals surface area contributed by atoms with Crippen LogP contribution in [0.3, 0.4) is 0 Å². The molecule has 0 unspecified atom stereocenters. The first kappa shape index (κ1) is 14.0. The predicted octanol–water partition coefficient (Wildman–Crippen LogP) is 1.51. The second-order valence-electron chi connectivity index (χ2n) is 4.57. The molecule has 6 heteroatoms. The van der Waals surface area contributed by atoms with Crippen LogP contribution in [0.5, 0.6) is 5.75 Å². The minimum Gasteiger partial charge on any atom is -0.507 e. The highest BCUT2D eigenvalue weighted by atomic mass is 19.1. The largest absolute Gasteiger partial charge is 0.507 e. The Morgan fingerprint density at radius 3 is 2.50 bits per heavy atom. The molecular weight excluding hydrogens is 241 g/mol. The van der Waals surface area contributed by atoms with E-state index in [-0.39, 0.29) is 12.0 Å². The van der Waals surface area contributed by atoms with E-state index in [1.165, 1.54) is 0 Å². The number of carbonyl (C=O) groups is 2. The van der Waals surface area contributed by atoms with Crippen LogP contribution in [0.25, 0.3) is 0 Å². The average Bonchev–Trinajstić information content (AvgIpc) is 2.13. The van der Waals surface area contributed by atoms with Gasteiger partial charge in [0.15, 0.2) is 0 Å². The molecule has 1 rings (SSSR count). The number of phenolic OH excluding ortho intramolecular Hbond substituents is 1. The lowest BCUT2D eigenvalue weighted by atomic mass is 10.00. The molecular formula is C12H14FNO4. The predicted molar refractivity (Wildman–Crippen MR) is 61.9 cm³/mol. The fraction of sp³-hybridized carbons (Fsp3) is 0.333. The van der Waals surface area contributed by atoms with Gasteiger partial charge >= 0.3 is 5.97 Å². The summed E-state index contributed by atoms with van der Waals surface area (Å²) in [7, 11) is 0. The number of hydrogen-bond donors (Lipinski definition) is 3. The lowest BCUT2D eigenvalue weighted by Gasteiger charge is -2.24. The lowest BCUT2D eigenvalue weighted by molar-refractivity contribution is -0.138. The standard InChI is InChI=1S/C12H14FNO4/c1-12(2,6-10(16)17)14-11(18)8-4-3-7(13)5-9(8)15/h3-5,15H,6H2,1-2H3,(H,14,18)(H,16,17). The first-order valence-corrected chi connectivity index (χ1v) is 5.24. The normalized spacial score (nSPS) is 11.1. The zero-order valence-electron chi connectivity index (χ0n) is 10.0. The maximum atomic E-state index is 12.8. The van der Waals surface area contributed by atoms with E-state index in [1.54, 1.807) is 13.8 Å². The second-order valence-corrected chi connectivity index (χ2v) is 4.57. The van der Waals surface area contributed by atoms with Crippen LogP contribution in [-0.2, 0) is 4.79 Å². The molecule has 0 atom stereocenters. The molecule has 0 saturated carbocycles. The van der Waals surface area contributed by atoms with Gasteiger partial charge in [-0.3, -0.25) is 9.59 Å². The Bertz CT molecular complexity index is 485. The van der Waals surface area contributed by atoms with Gasteiger partial charge in [0, 0.05) is 11.6 Å². The SMILES string of the molecule is CC(C)(CC(=O)O)NC(=O)c1ccc(F)cc1O. The van der Waals surface area contributed by atoms with Crippen LogP contribution in [0, 0.1) is 5.82 Å². The van der Waals surface area contributed by atoms with Crippen LogP contribution in [0.1, 0.15) is 30.6 Å². The van der Waals surface area contributed by atoms with Crippen molar-refractivity contribution in [1.29, 1.82) is 0 Å². The van der Waals surface area contributed by atoms with Crippen molar-refractivity contribution in [1.82, 2.24) is 5.32 Å². The first-order valence-electron chi connectivity index (χ1n) is 5.24. The number of rotatable bonds is 4. The Morgan fingerprint density at radius 1 is 1.39 bits per heavy atom. The van der Waals surface area contributed by atoms with Gasteiger partial charge in [-0.2, -0.15) is 0 Å². The van der Waals surface area contributed by atoms with Crippen LogP contribution < -0.4 is 5.32 Å². The molecule has 18 heavy (non-hydrogen) atoms. The summed E-state index contributed by atoms with van der Waals surface area (Å²) in [5.74, 6) is -2.85. The number of hydrogen-bond acceptors (Lipinski definition) is 3. The van der Waals surface area contributed by atoms with E-state index < -0.39 is 29.0 Å². The van der Waals surface area contributed by atoms with Crippen molar-refractivity contribution in [2.24, 2.45) is 0 Å². The molecule has 0 radical (unpaired) electrons. The van der Waals surface area contributed by atoms with Gasteiger partial charge in [0.25, 0.3) is 5.91 Å². The summed E-state index contributed by atoms with van der Waals surface area (Å²) < 4.78 is 12.8. The van der Waals surface area contributed by atoms with Gasteiger partial charge in [0.05, 0.1) is 12.0 Å². The molecule has 0 heterocycles. The molecule has 0 spiro atoms. The zero-order valence-corrected chi connectivity index (χ0v) is 10.0. The summed E-state index contributed by atoms with van der Waals surface area (Å²) >= 11 is 0. The summed E-state index contributed by atoms with van der Waals surface area (Å²) in [6.07, 6.45) is -0.263. The third-order valence-electron chi connectivity index (χ3n) is 2.25. The summed E-state index contributed by atoms with van der Waals surface area (Å²) in [5, 5.41) is 20.6. The molecule has 0 aliphatic carbocycles. The number of carbonyl (C=O) groups excluding carboxylic acids is 1. The van der Waals surface area contributed by atoms with E-state index in [1.807, 2.05) is 0 Å². The number of carboxylic acid groups (broad SMARTS) is 1. The Balaban J connectivity index is 2.85. The number of halogens is 1. The van der Waals surface area contributed by atoms with Gasteiger partial charge < -0.3 is 15.5 Å². The maximum absolute atomic E-state index is 12.8. The van der Waals surface area contributed by atoms with E-state index in [9.17, 15) is 19.1 Å². The van der Waals surface area contributed by atoms with Crippen molar-refractivity contribution in [2.75, 3.05) is 0 Å². The number of benzene rings is 1. The van der Waals surface area contributed by atoms with Crippen molar-refractivity contribution in [3.8, 4) is 5.75 Å².